The van der Waals surface area contributed by atoms with E-state index in [1.165, 1.54) is 0 Å². The molecule has 0 aromatic carbocycles. The van der Waals surface area contributed by atoms with Crippen LogP contribution in [-0.2, 0) is 4.79 Å². The fraction of sp³-hybridized carbons (Fsp3) is 0.571. The molecule has 52 valence electrons. The summed E-state index contributed by atoms with van der Waals surface area (Å²) in [6.07, 6.45) is -0.0162. The molecule has 0 aromatic heterocycles. The summed E-state index contributed by atoms with van der Waals surface area (Å²) in [6, 6.07) is 0. The minimum atomic E-state index is -1.05. The molecule has 0 saturated carbocycles. The molecule has 0 radical (unpaired) electrons. The van der Waals surface area contributed by atoms with Crippen LogP contribution in [0.15, 0.2) is 12.2 Å². The quantitative estimate of drug-likeness (QED) is 0.513. The first kappa shape index (κ1) is 8.21. The number of hydrogen-bond acceptors (Lipinski definition) is 2. The lowest BCUT2D eigenvalue weighted by molar-refractivity contribution is -0.304. The molecular weight excluding hydrogens is 116 g/mol. The third-order valence-electron chi connectivity index (χ3n) is 1.19. The first-order valence-corrected chi connectivity index (χ1v) is 2.91. The summed E-state index contributed by atoms with van der Waals surface area (Å²) in [5.41, 5.74) is 0.718. The maximum atomic E-state index is 9.94. The molecule has 0 unspecified atom stereocenters. The van der Waals surface area contributed by atoms with Crippen LogP contribution < -0.4 is 5.11 Å². The Balaban J connectivity index is 3.64. The summed E-state index contributed by atoms with van der Waals surface area (Å²) in [4.78, 5) is 9.94. The Morgan fingerprint density at radius 3 is 2.22 bits per heavy atom. The predicted molar refractivity (Wildman–Crippen MR) is 33.6 cm³/mol. The number of carbonyl (C=O) groups excluding carboxylic acids is 1. The Kier molecular flexibility index (Phi) is 2.99. The molecule has 9 heavy (non-hydrogen) atoms. The van der Waals surface area contributed by atoms with E-state index in [0.29, 0.717) is 0 Å². The lowest BCUT2D eigenvalue weighted by Crippen LogP contribution is -2.23. The van der Waals surface area contributed by atoms with Crippen molar-refractivity contribution in [2.75, 3.05) is 0 Å². The van der Waals surface area contributed by atoms with Crippen LogP contribution in [0.3, 0.4) is 0 Å². The number of carboxylic acids is 1. The zero-order valence-corrected chi connectivity index (χ0v) is 5.81. The SMILES string of the molecule is C=C(CC(=O)[O-])C(C)C. The molecule has 2 nitrogen and oxygen atoms in total. The average molecular weight is 127 g/mol. The zero-order chi connectivity index (χ0) is 7.44. The molecule has 0 atom stereocenters. The topological polar surface area (TPSA) is 40.1 Å². The van der Waals surface area contributed by atoms with Gasteiger partial charge in [-0.3, -0.25) is 0 Å². The monoisotopic (exact) mass is 127 g/mol. The van der Waals surface area contributed by atoms with Crippen molar-refractivity contribution in [1.29, 1.82) is 0 Å². The molecule has 0 saturated heterocycles. The molecule has 2 heteroatoms. The second kappa shape index (κ2) is 3.28. The number of hydrogen-bond donors (Lipinski definition) is 0. The molecule has 0 bridgehead atoms. The second-order valence-corrected chi connectivity index (χ2v) is 2.36. The maximum Gasteiger partial charge on any atom is 0.0454 e. The maximum absolute atomic E-state index is 9.94. The minimum absolute atomic E-state index is 0.0162. The molecular formula is C7H11O2-. The van der Waals surface area contributed by atoms with Crippen LogP contribution in [0.5, 0.6) is 0 Å². The van der Waals surface area contributed by atoms with Gasteiger partial charge in [0.25, 0.3) is 0 Å². The standard InChI is InChI=1S/C7H12O2/c1-5(2)6(3)4-7(8)9/h5H,3-4H2,1-2H3,(H,8,9)/p-1. The lowest BCUT2D eigenvalue weighted by Gasteiger charge is -2.08. The molecule has 0 aliphatic carbocycles. The van der Waals surface area contributed by atoms with Gasteiger partial charge in [0, 0.05) is 12.4 Å². The molecule has 0 N–H and O–H groups in total. The Morgan fingerprint density at radius 1 is 1.67 bits per heavy atom. The number of rotatable bonds is 3. The fourth-order valence-electron chi connectivity index (χ4n) is 0.390. The normalized spacial score (nSPS) is 9.67. The van der Waals surface area contributed by atoms with Gasteiger partial charge in [-0.2, -0.15) is 0 Å². The van der Waals surface area contributed by atoms with Crippen LogP contribution >= 0.6 is 0 Å². The Bertz CT molecular complexity index is 125. The average Bonchev–Trinajstić information content (AvgIpc) is 1.63. The van der Waals surface area contributed by atoms with Gasteiger partial charge in [0.05, 0.1) is 0 Å². The van der Waals surface area contributed by atoms with Gasteiger partial charge in [-0.05, 0) is 5.92 Å². The number of carboxylic acid groups (broad SMARTS) is 1. The van der Waals surface area contributed by atoms with E-state index in [0.717, 1.165) is 5.57 Å². The van der Waals surface area contributed by atoms with E-state index in [1.807, 2.05) is 13.8 Å². The van der Waals surface area contributed by atoms with Crippen molar-refractivity contribution >= 4 is 5.97 Å². The highest BCUT2D eigenvalue weighted by Crippen LogP contribution is 2.09. The highest BCUT2D eigenvalue weighted by atomic mass is 16.4. The number of aliphatic carboxylic acids is 1. The van der Waals surface area contributed by atoms with Gasteiger partial charge in [-0.1, -0.05) is 26.0 Å². The van der Waals surface area contributed by atoms with E-state index in [9.17, 15) is 9.90 Å². The summed E-state index contributed by atoms with van der Waals surface area (Å²) in [5, 5.41) is 9.94. The summed E-state index contributed by atoms with van der Waals surface area (Å²) in [7, 11) is 0. The van der Waals surface area contributed by atoms with Gasteiger partial charge in [0.2, 0.25) is 0 Å². The van der Waals surface area contributed by atoms with Gasteiger partial charge in [0.15, 0.2) is 0 Å². The van der Waals surface area contributed by atoms with E-state index >= 15 is 0 Å². The largest absolute Gasteiger partial charge is 0.550 e. The van der Waals surface area contributed by atoms with Crippen molar-refractivity contribution in [2.45, 2.75) is 20.3 Å². The molecule has 0 aromatic rings. The van der Waals surface area contributed by atoms with Gasteiger partial charge in [-0.25, -0.2) is 0 Å². The van der Waals surface area contributed by atoms with Crippen LogP contribution in [-0.4, -0.2) is 5.97 Å². The number of carbonyl (C=O) groups is 1. The van der Waals surface area contributed by atoms with Gasteiger partial charge < -0.3 is 9.90 Å². The third kappa shape index (κ3) is 3.76. The Labute approximate surface area is 55.2 Å². The van der Waals surface area contributed by atoms with E-state index in [2.05, 4.69) is 6.58 Å². The van der Waals surface area contributed by atoms with Gasteiger partial charge in [0.1, 0.15) is 0 Å². The third-order valence-corrected chi connectivity index (χ3v) is 1.19. The molecule has 0 fully saturated rings. The van der Waals surface area contributed by atoms with Crippen molar-refractivity contribution in [2.24, 2.45) is 5.92 Å². The summed E-state index contributed by atoms with van der Waals surface area (Å²) in [6.45, 7) is 7.39. The van der Waals surface area contributed by atoms with E-state index in [4.69, 9.17) is 0 Å². The predicted octanol–water partition coefficient (Wildman–Crippen LogP) is 0.339. The fourth-order valence-corrected chi connectivity index (χ4v) is 0.390. The van der Waals surface area contributed by atoms with Crippen molar-refractivity contribution in [3.63, 3.8) is 0 Å². The van der Waals surface area contributed by atoms with Gasteiger partial charge in [-0.15, -0.1) is 0 Å². The molecule has 0 rings (SSSR count). The second-order valence-electron chi connectivity index (χ2n) is 2.36. The van der Waals surface area contributed by atoms with E-state index < -0.39 is 5.97 Å². The highest BCUT2D eigenvalue weighted by Gasteiger charge is 1.98. The van der Waals surface area contributed by atoms with E-state index in [-0.39, 0.29) is 12.3 Å². The molecule has 0 aliphatic rings. The highest BCUT2D eigenvalue weighted by molar-refractivity contribution is 5.67. The molecule has 0 amide bonds. The van der Waals surface area contributed by atoms with Crippen molar-refractivity contribution in [3.8, 4) is 0 Å². The first-order chi connectivity index (χ1) is 4.04. The Morgan fingerprint density at radius 2 is 2.11 bits per heavy atom. The van der Waals surface area contributed by atoms with E-state index in [1.54, 1.807) is 0 Å². The van der Waals surface area contributed by atoms with Crippen molar-refractivity contribution < 1.29 is 9.90 Å². The van der Waals surface area contributed by atoms with Crippen LogP contribution in [0, 0.1) is 5.92 Å². The van der Waals surface area contributed by atoms with Crippen molar-refractivity contribution in [1.82, 2.24) is 0 Å². The first-order valence-electron chi connectivity index (χ1n) is 2.91. The lowest BCUT2D eigenvalue weighted by atomic mass is 10.0. The Hall–Kier alpha value is -0.790. The smallest absolute Gasteiger partial charge is 0.0454 e. The summed E-state index contributed by atoms with van der Waals surface area (Å²) >= 11 is 0. The summed E-state index contributed by atoms with van der Waals surface area (Å²) < 4.78 is 0. The van der Waals surface area contributed by atoms with Crippen LogP contribution in [0.2, 0.25) is 0 Å². The summed E-state index contributed by atoms with van der Waals surface area (Å²) in [5.74, 6) is -0.809. The minimum Gasteiger partial charge on any atom is -0.550 e. The van der Waals surface area contributed by atoms with Crippen molar-refractivity contribution in [3.05, 3.63) is 12.2 Å². The van der Waals surface area contributed by atoms with Gasteiger partial charge >= 0.3 is 0 Å². The van der Waals surface area contributed by atoms with Crippen LogP contribution in [0.1, 0.15) is 20.3 Å². The molecule has 0 aliphatic heterocycles. The van der Waals surface area contributed by atoms with Crippen LogP contribution in [0.25, 0.3) is 0 Å². The zero-order valence-electron chi connectivity index (χ0n) is 5.81. The molecule has 0 heterocycles. The van der Waals surface area contributed by atoms with Crippen LogP contribution in [0.4, 0.5) is 0 Å². The molecule has 0 spiro atoms.